The molecular formula is C12H18ClNO. The van der Waals surface area contributed by atoms with Gasteiger partial charge in [-0.05, 0) is 24.6 Å². The lowest BCUT2D eigenvalue weighted by Crippen LogP contribution is -2.30. The third-order valence-corrected chi connectivity index (χ3v) is 2.57. The molecule has 0 heterocycles. The van der Waals surface area contributed by atoms with Gasteiger partial charge in [0.25, 0.3) is 0 Å². The van der Waals surface area contributed by atoms with Gasteiger partial charge in [-0.3, -0.25) is 0 Å². The van der Waals surface area contributed by atoms with Crippen molar-refractivity contribution >= 4 is 11.6 Å². The maximum absolute atomic E-state index is 6.01. The van der Waals surface area contributed by atoms with Gasteiger partial charge in [-0.15, -0.1) is 0 Å². The Balaban J connectivity index is 2.69. The molecule has 0 bridgehead atoms. The van der Waals surface area contributed by atoms with Crippen LogP contribution >= 0.6 is 11.6 Å². The lowest BCUT2D eigenvalue weighted by molar-refractivity contribution is 0.187. The summed E-state index contributed by atoms with van der Waals surface area (Å²) in [4.78, 5) is 0. The Labute approximate surface area is 96.4 Å². The van der Waals surface area contributed by atoms with Crippen molar-refractivity contribution in [2.45, 2.75) is 20.8 Å². The number of nitrogens with two attached hydrogens (primary N) is 1. The summed E-state index contributed by atoms with van der Waals surface area (Å²) >= 11 is 6.01. The summed E-state index contributed by atoms with van der Waals surface area (Å²) in [5, 5.41) is 0.647. The second-order valence-electron chi connectivity index (χ2n) is 4.59. The maximum atomic E-state index is 6.01. The second kappa shape index (κ2) is 4.86. The molecule has 1 aromatic carbocycles. The molecule has 0 fully saturated rings. The van der Waals surface area contributed by atoms with Crippen LogP contribution in [0.2, 0.25) is 5.02 Å². The maximum Gasteiger partial charge on any atom is 0.138 e. The van der Waals surface area contributed by atoms with E-state index in [1.807, 2.05) is 25.1 Å². The molecule has 0 amide bonds. The van der Waals surface area contributed by atoms with Gasteiger partial charge in [0.15, 0.2) is 0 Å². The summed E-state index contributed by atoms with van der Waals surface area (Å²) in [6.45, 7) is 7.31. The topological polar surface area (TPSA) is 35.2 Å². The molecule has 15 heavy (non-hydrogen) atoms. The van der Waals surface area contributed by atoms with Gasteiger partial charge in [-0.2, -0.15) is 0 Å². The fourth-order valence-corrected chi connectivity index (χ4v) is 1.23. The van der Waals surface area contributed by atoms with Crippen molar-refractivity contribution in [3.63, 3.8) is 0 Å². The molecule has 0 saturated carbocycles. The molecule has 2 N–H and O–H groups in total. The van der Waals surface area contributed by atoms with Crippen LogP contribution in [0, 0.1) is 12.3 Å². The number of hydrogen-bond donors (Lipinski definition) is 1. The second-order valence-corrected chi connectivity index (χ2v) is 5.00. The molecular weight excluding hydrogens is 210 g/mol. The molecule has 3 heteroatoms. The highest BCUT2D eigenvalue weighted by molar-refractivity contribution is 6.32. The van der Waals surface area contributed by atoms with Crippen molar-refractivity contribution in [1.82, 2.24) is 0 Å². The van der Waals surface area contributed by atoms with Crippen LogP contribution < -0.4 is 10.5 Å². The predicted molar refractivity (Wildman–Crippen MR) is 64.5 cm³/mol. The predicted octanol–water partition coefficient (Wildman–Crippen LogP) is 3.01. The normalized spacial score (nSPS) is 11.5. The average molecular weight is 228 g/mol. The standard InChI is InChI=1S/C12H18ClNO/c1-9-4-5-10(13)11(6-9)15-8-12(2,3)7-14/h4-6H,7-8,14H2,1-3H3. The summed E-state index contributed by atoms with van der Waals surface area (Å²) in [7, 11) is 0. The number of benzene rings is 1. The van der Waals surface area contributed by atoms with Gasteiger partial charge in [0, 0.05) is 12.0 Å². The van der Waals surface area contributed by atoms with Gasteiger partial charge >= 0.3 is 0 Å². The molecule has 0 aliphatic carbocycles. The van der Waals surface area contributed by atoms with Gasteiger partial charge in [0.05, 0.1) is 11.6 Å². The van der Waals surface area contributed by atoms with E-state index in [2.05, 4.69) is 13.8 Å². The molecule has 0 aliphatic heterocycles. The molecule has 0 spiro atoms. The molecule has 2 nitrogen and oxygen atoms in total. The molecule has 0 saturated heterocycles. The minimum atomic E-state index is -0.0208. The van der Waals surface area contributed by atoms with Gasteiger partial charge in [0.1, 0.15) is 5.75 Å². The number of aryl methyl sites for hydroxylation is 1. The van der Waals surface area contributed by atoms with Gasteiger partial charge in [0.2, 0.25) is 0 Å². The summed E-state index contributed by atoms with van der Waals surface area (Å²) in [5.41, 5.74) is 6.74. The van der Waals surface area contributed by atoms with Crippen molar-refractivity contribution in [1.29, 1.82) is 0 Å². The number of halogens is 1. The van der Waals surface area contributed by atoms with Crippen LogP contribution in [0.3, 0.4) is 0 Å². The molecule has 0 aromatic heterocycles. The molecule has 1 aromatic rings. The third kappa shape index (κ3) is 3.73. The molecule has 0 radical (unpaired) electrons. The van der Waals surface area contributed by atoms with Crippen molar-refractivity contribution in [2.24, 2.45) is 11.1 Å². The van der Waals surface area contributed by atoms with Gasteiger partial charge in [-0.1, -0.05) is 31.5 Å². The van der Waals surface area contributed by atoms with Crippen LogP contribution in [0.1, 0.15) is 19.4 Å². The highest BCUT2D eigenvalue weighted by Crippen LogP contribution is 2.27. The van der Waals surface area contributed by atoms with E-state index in [0.717, 1.165) is 11.3 Å². The van der Waals surface area contributed by atoms with Crippen LogP contribution in [0.15, 0.2) is 18.2 Å². The Bertz CT molecular complexity index is 336. The molecule has 0 atom stereocenters. The molecule has 84 valence electrons. The zero-order chi connectivity index (χ0) is 11.5. The first-order valence-electron chi connectivity index (χ1n) is 5.04. The minimum absolute atomic E-state index is 0.0208. The van der Waals surface area contributed by atoms with Crippen LogP contribution in [0.25, 0.3) is 0 Å². The first-order chi connectivity index (χ1) is 6.94. The zero-order valence-corrected chi connectivity index (χ0v) is 10.3. The van der Waals surface area contributed by atoms with E-state index in [9.17, 15) is 0 Å². The summed E-state index contributed by atoms with van der Waals surface area (Å²) in [5.74, 6) is 0.734. The molecule has 1 rings (SSSR count). The Morgan fingerprint density at radius 1 is 1.40 bits per heavy atom. The van der Waals surface area contributed by atoms with Crippen LogP contribution in [-0.2, 0) is 0 Å². The lowest BCUT2D eigenvalue weighted by Gasteiger charge is -2.22. The molecule has 0 aliphatic rings. The fourth-order valence-electron chi connectivity index (χ4n) is 1.05. The van der Waals surface area contributed by atoms with Crippen molar-refractivity contribution in [2.75, 3.05) is 13.2 Å². The van der Waals surface area contributed by atoms with E-state index in [1.54, 1.807) is 0 Å². The van der Waals surface area contributed by atoms with Crippen LogP contribution in [0.5, 0.6) is 5.75 Å². The summed E-state index contributed by atoms with van der Waals surface area (Å²) in [6, 6.07) is 5.75. The van der Waals surface area contributed by atoms with E-state index in [0.29, 0.717) is 18.2 Å². The number of hydrogen-bond acceptors (Lipinski definition) is 2. The first kappa shape index (κ1) is 12.3. The van der Waals surface area contributed by atoms with E-state index in [-0.39, 0.29) is 5.41 Å². The van der Waals surface area contributed by atoms with Crippen LogP contribution in [-0.4, -0.2) is 13.2 Å². The quantitative estimate of drug-likeness (QED) is 0.858. The highest BCUT2D eigenvalue weighted by Gasteiger charge is 2.17. The van der Waals surface area contributed by atoms with Gasteiger partial charge in [-0.25, -0.2) is 0 Å². The van der Waals surface area contributed by atoms with Gasteiger partial charge < -0.3 is 10.5 Å². The summed E-state index contributed by atoms with van der Waals surface area (Å²) < 4.78 is 5.66. The largest absolute Gasteiger partial charge is 0.491 e. The SMILES string of the molecule is Cc1ccc(Cl)c(OCC(C)(C)CN)c1. The Kier molecular flexibility index (Phi) is 4.00. The fraction of sp³-hybridized carbons (Fsp3) is 0.500. The number of rotatable bonds is 4. The Morgan fingerprint density at radius 2 is 2.07 bits per heavy atom. The van der Waals surface area contributed by atoms with E-state index in [4.69, 9.17) is 22.1 Å². The van der Waals surface area contributed by atoms with E-state index in [1.165, 1.54) is 0 Å². The van der Waals surface area contributed by atoms with E-state index < -0.39 is 0 Å². The van der Waals surface area contributed by atoms with Crippen molar-refractivity contribution < 1.29 is 4.74 Å². The van der Waals surface area contributed by atoms with Crippen molar-refractivity contribution in [3.05, 3.63) is 28.8 Å². The first-order valence-corrected chi connectivity index (χ1v) is 5.41. The minimum Gasteiger partial charge on any atom is -0.491 e. The highest BCUT2D eigenvalue weighted by atomic mass is 35.5. The van der Waals surface area contributed by atoms with Crippen LogP contribution in [0.4, 0.5) is 0 Å². The van der Waals surface area contributed by atoms with E-state index >= 15 is 0 Å². The zero-order valence-electron chi connectivity index (χ0n) is 9.51. The Morgan fingerprint density at radius 3 is 2.67 bits per heavy atom. The number of ether oxygens (including phenoxy) is 1. The smallest absolute Gasteiger partial charge is 0.138 e. The lowest BCUT2D eigenvalue weighted by atomic mass is 9.95. The average Bonchev–Trinajstić information content (AvgIpc) is 2.20. The third-order valence-electron chi connectivity index (χ3n) is 2.26. The van der Waals surface area contributed by atoms with Crippen molar-refractivity contribution in [3.8, 4) is 5.75 Å². The Hall–Kier alpha value is -0.730. The molecule has 0 unspecified atom stereocenters. The summed E-state index contributed by atoms with van der Waals surface area (Å²) in [6.07, 6.45) is 0. The monoisotopic (exact) mass is 227 g/mol.